The highest BCUT2D eigenvalue weighted by atomic mass is 32.2. The average molecular weight is 258 g/mol. The van der Waals surface area contributed by atoms with E-state index in [0.717, 1.165) is 11.1 Å². The van der Waals surface area contributed by atoms with Gasteiger partial charge in [-0.2, -0.15) is 0 Å². The normalized spacial score (nSPS) is 10.1. The molecule has 0 aliphatic carbocycles. The van der Waals surface area contributed by atoms with Crippen LogP contribution in [0.3, 0.4) is 0 Å². The van der Waals surface area contributed by atoms with E-state index in [0.29, 0.717) is 5.56 Å². The lowest BCUT2D eigenvalue weighted by atomic mass is 10.00. The van der Waals surface area contributed by atoms with Crippen LogP contribution in [0.15, 0.2) is 53.4 Å². The van der Waals surface area contributed by atoms with Crippen LogP contribution in [0.2, 0.25) is 0 Å². The Morgan fingerprint density at radius 2 is 1.72 bits per heavy atom. The second-order valence-electron chi connectivity index (χ2n) is 3.77. The van der Waals surface area contributed by atoms with Gasteiger partial charge < -0.3 is 4.74 Å². The monoisotopic (exact) mass is 258 g/mol. The van der Waals surface area contributed by atoms with Gasteiger partial charge in [-0.05, 0) is 35.6 Å². The van der Waals surface area contributed by atoms with Gasteiger partial charge in [0.1, 0.15) is 0 Å². The van der Waals surface area contributed by atoms with Gasteiger partial charge in [-0.25, -0.2) is 4.79 Å². The quantitative estimate of drug-likeness (QED) is 0.617. The van der Waals surface area contributed by atoms with E-state index in [2.05, 4.69) is 0 Å². The van der Waals surface area contributed by atoms with E-state index in [1.165, 1.54) is 12.0 Å². The third-order valence-electron chi connectivity index (χ3n) is 2.73. The highest BCUT2D eigenvalue weighted by Crippen LogP contribution is 2.26. The molecule has 0 amide bonds. The second-order valence-corrected chi connectivity index (χ2v) is 4.65. The molecule has 0 aliphatic heterocycles. The van der Waals surface area contributed by atoms with Crippen molar-refractivity contribution >= 4 is 17.7 Å². The molecule has 92 valence electrons. The van der Waals surface area contributed by atoms with Crippen molar-refractivity contribution in [2.24, 2.45) is 0 Å². The number of rotatable bonds is 3. The minimum Gasteiger partial charge on any atom is -0.465 e. The Hall–Kier alpha value is -1.74. The van der Waals surface area contributed by atoms with Crippen LogP contribution in [0.5, 0.6) is 0 Å². The maximum Gasteiger partial charge on any atom is 0.338 e. The van der Waals surface area contributed by atoms with E-state index < -0.39 is 0 Å². The van der Waals surface area contributed by atoms with E-state index in [4.69, 9.17) is 4.74 Å². The minimum atomic E-state index is -0.306. The number of esters is 1. The summed E-state index contributed by atoms with van der Waals surface area (Å²) in [4.78, 5) is 12.9. The van der Waals surface area contributed by atoms with Crippen LogP contribution in [-0.2, 0) is 4.74 Å². The molecule has 2 aromatic carbocycles. The maximum absolute atomic E-state index is 11.7. The molecule has 0 heterocycles. The number of carbonyl (C=O) groups excluding carboxylic acids is 1. The van der Waals surface area contributed by atoms with Crippen molar-refractivity contribution in [3.05, 3.63) is 54.1 Å². The van der Waals surface area contributed by atoms with Crippen LogP contribution in [0.1, 0.15) is 10.4 Å². The zero-order valence-electron chi connectivity index (χ0n) is 10.3. The van der Waals surface area contributed by atoms with E-state index in [9.17, 15) is 4.79 Å². The number of benzene rings is 2. The summed E-state index contributed by atoms with van der Waals surface area (Å²) in [6, 6.07) is 15.6. The van der Waals surface area contributed by atoms with E-state index in [-0.39, 0.29) is 5.97 Å². The molecule has 0 N–H and O–H groups in total. The lowest BCUT2D eigenvalue weighted by Gasteiger charge is -2.08. The molecule has 18 heavy (non-hydrogen) atoms. The van der Waals surface area contributed by atoms with Crippen molar-refractivity contribution in [3.8, 4) is 11.1 Å². The molecule has 2 nitrogen and oxygen atoms in total. The van der Waals surface area contributed by atoms with Crippen molar-refractivity contribution in [2.75, 3.05) is 13.4 Å². The molecule has 0 unspecified atom stereocenters. The van der Waals surface area contributed by atoms with E-state index >= 15 is 0 Å². The molecule has 3 heteroatoms. The average Bonchev–Trinajstić information content (AvgIpc) is 2.46. The van der Waals surface area contributed by atoms with Crippen molar-refractivity contribution in [2.45, 2.75) is 4.90 Å². The Morgan fingerprint density at radius 3 is 2.33 bits per heavy atom. The Balaban J connectivity index is 2.46. The van der Waals surface area contributed by atoms with Crippen LogP contribution < -0.4 is 0 Å². The summed E-state index contributed by atoms with van der Waals surface area (Å²) in [5.74, 6) is -0.306. The SMILES string of the molecule is COC(=O)c1ccccc1-c1ccc(SC)cc1. The molecule has 0 fully saturated rings. The van der Waals surface area contributed by atoms with Gasteiger partial charge in [-0.15, -0.1) is 11.8 Å². The van der Waals surface area contributed by atoms with Gasteiger partial charge in [0.25, 0.3) is 0 Å². The first kappa shape index (κ1) is 12.7. The number of hydrogen-bond donors (Lipinski definition) is 0. The molecule has 0 saturated carbocycles. The van der Waals surface area contributed by atoms with Gasteiger partial charge >= 0.3 is 5.97 Å². The summed E-state index contributed by atoms with van der Waals surface area (Å²) in [5, 5.41) is 0. The molecule has 2 rings (SSSR count). The molecule has 0 aliphatic rings. The molecule has 0 saturated heterocycles. The van der Waals surface area contributed by atoms with Gasteiger partial charge in [0.15, 0.2) is 0 Å². The van der Waals surface area contributed by atoms with Crippen molar-refractivity contribution < 1.29 is 9.53 Å². The molecule has 0 atom stereocenters. The number of methoxy groups -OCH3 is 1. The fourth-order valence-corrected chi connectivity index (χ4v) is 2.20. The molecule has 0 spiro atoms. The summed E-state index contributed by atoms with van der Waals surface area (Å²) in [7, 11) is 1.40. The minimum absolute atomic E-state index is 0.306. The van der Waals surface area contributed by atoms with Crippen LogP contribution in [0, 0.1) is 0 Å². The smallest absolute Gasteiger partial charge is 0.338 e. The molecular formula is C15H14O2S. The Kier molecular flexibility index (Phi) is 4.05. The van der Waals surface area contributed by atoms with Gasteiger partial charge in [0.05, 0.1) is 12.7 Å². The molecule has 0 bridgehead atoms. The van der Waals surface area contributed by atoms with Gasteiger partial charge in [0.2, 0.25) is 0 Å². The number of ether oxygens (including phenoxy) is 1. The van der Waals surface area contributed by atoms with Gasteiger partial charge in [0, 0.05) is 4.90 Å². The predicted octanol–water partition coefficient (Wildman–Crippen LogP) is 3.86. The third-order valence-corrected chi connectivity index (χ3v) is 3.48. The lowest BCUT2D eigenvalue weighted by Crippen LogP contribution is -2.03. The largest absolute Gasteiger partial charge is 0.465 e. The topological polar surface area (TPSA) is 26.3 Å². The van der Waals surface area contributed by atoms with E-state index in [1.54, 1.807) is 17.8 Å². The van der Waals surface area contributed by atoms with Crippen LogP contribution in [0.4, 0.5) is 0 Å². The van der Waals surface area contributed by atoms with Crippen molar-refractivity contribution in [1.29, 1.82) is 0 Å². The molecule has 2 aromatic rings. The first-order valence-corrected chi connectivity index (χ1v) is 6.80. The van der Waals surface area contributed by atoms with Gasteiger partial charge in [-0.3, -0.25) is 0 Å². The summed E-state index contributed by atoms with van der Waals surface area (Å²) in [6.45, 7) is 0. The van der Waals surface area contributed by atoms with Gasteiger partial charge in [-0.1, -0.05) is 30.3 Å². The second kappa shape index (κ2) is 5.74. The van der Waals surface area contributed by atoms with Crippen molar-refractivity contribution in [3.63, 3.8) is 0 Å². The number of carbonyl (C=O) groups is 1. The Labute approximate surface area is 111 Å². The summed E-state index contributed by atoms with van der Waals surface area (Å²) < 4.78 is 4.80. The maximum atomic E-state index is 11.7. The lowest BCUT2D eigenvalue weighted by molar-refractivity contribution is 0.0601. The highest BCUT2D eigenvalue weighted by Gasteiger charge is 2.11. The first-order chi connectivity index (χ1) is 8.76. The fourth-order valence-electron chi connectivity index (χ4n) is 1.79. The zero-order valence-corrected chi connectivity index (χ0v) is 11.2. The molecular weight excluding hydrogens is 244 g/mol. The van der Waals surface area contributed by atoms with E-state index in [1.807, 2.05) is 48.7 Å². The summed E-state index contributed by atoms with van der Waals surface area (Å²) in [6.07, 6.45) is 2.04. The zero-order chi connectivity index (χ0) is 13.0. The van der Waals surface area contributed by atoms with Crippen molar-refractivity contribution in [1.82, 2.24) is 0 Å². The van der Waals surface area contributed by atoms with Crippen LogP contribution >= 0.6 is 11.8 Å². The Bertz CT molecular complexity index is 547. The highest BCUT2D eigenvalue weighted by molar-refractivity contribution is 7.98. The number of hydrogen-bond acceptors (Lipinski definition) is 3. The summed E-state index contributed by atoms with van der Waals surface area (Å²) in [5.41, 5.74) is 2.52. The van der Waals surface area contributed by atoms with Crippen LogP contribution in [-0.4, -0.2) is 19.3 Å². The Morgan fingerprint density at radius 1 is 1.06 bits per heavy atom. The van der Waals surface area contributed by atoms with Crippen LogP contribution in [0.25, 0.3) is 11.1 Å². The first-order valence-electron chi connectivity index (χ1n) is 5.58. The molecule has 0 aromatic heterocycles. The standard InChI is InChI=1S/C15H14O2S/c1-17-15(16)14-6-4-3-5-13(14)11-7-9-12(18-2)10-8-11/h3-10H,1-2H3. The molecule has 0 radical (unpaired) electrons. The summed E-state index contributed by atoms with van der Waals surface area (Å²) >= 11 is 1.70. The number of thioether (sulfide) groups is 1. The third kappa shape index (κ3) is 2.57. The fraction of sp³-hybridized carbons (Fsp3) is 0.133. The predicted molar refractivity (Wildman–Crippen MR) is 75.0 cm³/mol.